The fourth-order valence-corrected chi connectivity index (χ4v) is 3.37. The van der Waals surface area contributed by atoms with Gasteiger partial charge in [0.2, 0.25) is 0 Å². The molecule has 0 amide bonds. The van der Waals surface area contributed by atoms with Crippen LogP contribution in [-0.2, 0) is 6.54 Å². The number of aromatic nitrogens is 2. The van der Waals surface area contributed by atoms with Crippen molar-refractivity contribution in [1.29, 1.82) is 0 Å². The summed E-state index contributed by atoms with van der Waals surface area (Å²) in [6.45, 7) is 2.42. The largest absolute Gasteiger partial charge is 0.317 e. The maximum Gasteiger partial charge on any atom is 0.280 e. The molecule has 1 heterocycles. The van der Waals surface area contributed by atoms with Gasteiger partial charge in [-0.15, -0.1) is 0 Å². The van der Waals surface area contributed by atoms with Crippen molar-refractivity contribution in [2.45, 2.75) is 13.5 Å². The van der Waals surface area contributed by atoms with Crippen LogP contribution in [0.1, 0.15) is 11.1 Å². The van der Waals surface area contributed by atoms with Crippen LogP contribution in [0.15, 0.2) is 71.5 Å². The molecule has 140 valence electrons. The minimum atomic E-state index is -0.332. The molecule has 0 aliphatic carbocycles. The Hall–Kier alpha value is -2.74. The van der Waals surface area contributed by atoms with Gasteiger partial charge in [-0.25, -0.2) is 14.1 Å². The summed E-state index contributed by atoms with van der Waals surface area (Å²) in [4.78, 5) is 17.9. The number of nitrogens with one attached hydrogen (secondary N) is 1. The minimum absolute atomic E-state index is 0.185. The average Bonchev–Trinajstić information content (AvgIpc) is 2.69. The van der Waals surface area contributed by atoms with Crippen molar-refractivity contribution < 1.29 is 4.39 Å². The number of hydrogen-bond acceptors (Lipinski definition) is 3. The molecule has 0 unspecified atom stereocenters. The first-order valence-electron chi connectivity index (χ1n) is 8.79. The van der Waals surface area contributed by atoms with Crippen LogP contribution in [0.4, 0.5) is 4.39 Å². The number of hydrogen-bond donors (Lipinski definition) is 1. The molecule has 0 aliphatic heterocycles. The molecule has 4 nitrogen and oxygen atoms in total. The molecule has 0 aliphatic rings. The molecule has 1 aromatic heterocycles. The molecule has 0 spiro atoms. The van der Waals surface area contributed by atoms with Crippen molar-refractivity contribution in [3.05, 3.63) is 97.6 Å². The number of fused-ring (bicyclic) bond motifs is 1. The number of rotatable bonds is 4. The smallest absolute Gasteiger partial charge is 0.280 e. The first kappa shape index (κ1) is 18.6. The van der Waals surface area contributed by atoms with Crippen molar-refractivity contribution in [3.8, 4) is 11.4 Å². The monoisotopic (exact) mass is 485 g/mol. The van der Waals surface area contributed by atoms with Gasteiger partial charge in [0.1, 0.15) is 5.82 Å². The Bertz CT molecular complexity index is 1200. The van der Waals surface area contributed by atoms with Gasteiger partial charge in [-0.3, -0.25) is 4.79 Å². The van der Waals surface area contributed by atoms with Crippen LogP contribution in [-0.4, -0.2) is 9.66 Å². The van der Waals surface area contributed by atoms with Crippen molar-refractivity contribution in [3.63, 3.8) is 0 Å². The Balaban J connectivity index is 1.84. The van der Waals surface area contributed by atoms with Gasteiger partial charge < -0.3 is 5.43 Å². The second kappa shape index (κ2) is 7.71. The predicted molar refractivity (Wildman–Crippen MR) is 118 cm³/mol. The molecule has 0 saturated carbocycles. The summed E-state index contributed by atoms with van der Waals surface area (Å²) >= 11 is 2.25. The zero-order chi connectivity index (χ0) is 19.7. The molecule has 3 aromatic carbocycles. The highest BCUT2D eigenvalue weighted by molar-refractivity contribution is 14.1. The van der Waals surface area contributed by atoms with E-state index >= 15 is 0 Å². The number of benzene rings is 3. The van der Waals surface area contributed by atoms with E-state index in [1.807, 2.05) is 43.3 Å². The Morgan fingerprint density at radius 2 is 1.75 bits per heavy atom. The van der Waals surface area contributed by atoms with Crippen LogP contribution in [0.25, 0.3) is 22.3 Å². The molecular weight excluding hydrogens is 468 g/mol. The topological polar surface area (TPSA) is 46.9 Å². The van der Waals surface area contributed by atoms with Crippen LogP contribution in [0, 0.1) is 16.3 Å². The van der Waals surface area contributed by atoms with Crippen LogP contribution in [0.5, 0.6) is 0 Å². The lowest BCUT2D eigenvalue weighted by molar-refractivity contribution is 0.628. The van der Waals surface area contributed by atoms with Crippen molar-refractivity contribution in [1.82, 2.24) is 9.66 Å². The molecule has 0 fully saturated rings. The van der Waals surface area contributed by atoms with Crippen LogP contribution >= 0.6 is 22.6 Å². The third-order valence-corrected chi connectivity index (χ3v) is 5.20. The maximum absolute atomic E-state index is 13.4. The zero-order valence-corrected chi connectivity index (χ0v) is 17.3. The molecular formula is C22H17FIN3O. The Labute approximate surface area is 175 Å². The van der Waals surface area contributed by atoms with E-state index in [1.165, 1.54) is 16.8 Å². The van der Waals surface area contributed by atoms with Gasteiger partial charge in [0.05, 0.1) is 17.4 Å². The molecule has 4 rings (SSSR count). The van der Waals surface area contributed by atoms with Crippen molar-refractivity contribution in [2.24, 2.45) is 0 Å². The highest BCUT2D eigenvalue weighted by atomic mass is 127. The van der Waals surface area contributed by atoms with Gasteiger partial charge in [0.15, 0.2) is 5.82 Å². The quantitative estimate of drug-likeness (QED) is 0.420. The van der Waals surface area contributed by atoms with E-state index in [1.54, 1.807) is 18.2 Å². The lowest BCUT2D eigenvalue weighted by atomic mass is 10.1. The summed E-state index contributed by atoms with van der Waals surface area (Å²) in [5, 5.41) is 0.534. The van der Waals surface area contributed by atoms with E-state index in [4.69, 9.17) is 4.98 Å². The van der Waals surface area contributed by atoms with E-state index in [2.05, 4.69) is 28.0 Å². The van der Waals surface area contributed by atoms with Crippen LogP contribution < -0.4 is 11.0 Å². The van der Waals surface area contributed by atoms with Gasteiger partial charge in [-0.1, -0.05) is 18.2 Å². The molecule has 4 aromatic rings. The molecule has 0 saturated heterocycles. The van der Waals surface area contributed by atoms with Gasteiger partial charge >= 0.3 is 0 Å². The van der Waals surface area contributed by atoms with Crippen LogP contribution in [0.2, 0.25) is 0 Å². The molecule has 0 atom stereocenters. The molecule has 0 bridgehead atoms. The fourth-order valence-electron chi connectivity index (χ4n) is 3.01. The van der Waals surface area contributed by atoms with E-state index in [-0.39, 0.29) is 11.4 Å². The van der Waals surface area contributed by atoms with E-state index in [0.717, 1.165) is 14.7 Å². The predicted octanol–water partition coefficient (Wildman–Crippen LogP) is 4.86. The van der Waals surface area contributed by atoms with E-state index in [9.17, 15) is 9.18 Å². The summed E-state index contributed by atoms with van der Waals surface area (Å²) in [5.41, 5.74) is 6.35. The zero-order valence-electron chi connectivity index (χ0n) is 15.1. The maximum atomic E-state index is 13.4. The second-order valence-corrected chi connectivity index (χ2v) is 7.81. The molecule has 0 radical (unpaired) electrons. The van der Waals surface area contributed by atoms with Crippen molar-refractivity contribution >= 4 is 33.5 Å². The minimum Gasteiger partial charge on any atom is -0.317 e. The lowest BCUT2D eigenvalue weighted by Gasteiger charge is -2.16. The molecule has 6 heteroatoms. The highest BCUT2D eigenvalue weighted by Crippen LogP contribution is 2.20. The standard InChI is InChI=1S/C22H17FIN3O/c1-14-2-11-19-20(12-14)26-21(16-5-7-17(23)8-6-16)27(22(19)28)25-13-15-3-9-18(24)10-4-15/h2-12,25H,13H2,1H3. The second-order valence-electron chi connectivity index (χ2n) is 6.56. The van der Waals surface area contributed by atoms with Gasteiger partial charge in [-0.05, 0) is 89.2 Å². The first-order chi connectivity index (χ1) is 13.5. The molecule has 1 N–H and O–H groups in total. The third kappa shape index (κ3) is 3.77. The Morgan fingerprint density at radius 3 is 2.46 bits per heavy atom. The summed E-state index contributed by atoms with van der Waals surface area (Å²) in [6.07, 6.45) is 0. The average molecular weight is 485 g/mol. The summed E-state index contributed by atoms with van der Waals surface area (Å²) in [6, 6.07) is 19.6. The van der Waals surface area contributed by atoms with Gasteiger partial charge in [-0.2, -0.15) is 0 Å². The van der Waals surface area contributed by atoms with E-state index < -0.39 is 0 Å². The molecule has 28 heavy (non-hydrogen) atoms. The highest BCUT2D eigenvalue weighted by Gasteiger charge is 2.13. The van der Waals surface area contributed by atoms with Crippen LogP contribution in [0.3, 0.4) is 0 Å². The van der Waals surface area contributed by atoms with E-state index in [0.29, 0.717) is 28.8 Å². The number of nitrogens with zero attached hydrogens (tertiary/aromatic N) is 2. The summed E-state index contributed by atoms with van der Waals surface area (Å²) in [7, 11) is 0. The number of halogens is 2. The number of aryl methyl sites for hydroxylation is 1. The third-order valence-electron chi connectivity index (χ3n) is 4.48. The summed E-state index contributed by atoms with van der Waals surface area (Å²) in [5.74, 6) is 0.120. The summed E-state index contributed by atoms with van der Waals surface area (Å²) < 4.78 is 16.0. The van der Waals surface area contributed by atoms with Crippen molar-refractivity contribution in [2.75, 3.05) is 5.43 Å². The van der Waals surface area contributed by atoms with Gasteiger partial charge in [0.25, 0.3) is 5.56 Å². The SMILES string of the molecule is Cc1ccc2c(=O)n(NCc3ccc(I)cc3)c(-c3ccc(F)cc3)nc2c1. The Morgan fingerprint density at radius 1 is 1.04 bits per heavy atom. The Kier molecular flexibility index (Phi) is 5.13. The first-order valence-corrected chi connectivity index (χ1v) is 9.87. The fraction of sp³-hybridized carbons (Fsp3) is 0.0909. The normalized spacial score (nSPS) is 11.0. The van der Waals surface area contributed by atoms with Gasteiger partial charge in [0, 0.05) is 9.13 Å². The lowest BCUT2D eigenvalue weighted by Crippen LogP contribution is -2.31.